The van der Waals surface area contributed by atoms with Gasteiger partial charge in [-0.3, -0.25) is 4.79 Å². The summed E-state index contributed by atoms with van der Waals surface area (Å²) in [6.45, 7) is 3.09. The van der Waals surface area contributed by atoms with E-state index in [4.69, 9.17) is 4.74 Å². The summed E-state index contributed by atoms with van der Waals surface area (Å²) in [4.78, 5) is 11.8. The zero-order chi connectivity index (χ0) is 17.9. The molecule has 0 radical (unpaired) electrons. The van der Waals surface area contributed by atoms with E-state index >= 15 is 0 Å². The lowest BCUT2D eigenvalue weighted by Gasteiger charge is -2.28. The normalized spacial score (nSPS) is 14.9. The maximum atomic E-state index is 12.7. The lowest BCUT2D eigenvalue weighted by Crippen LogP contribution is -2.35. The molecule has 25 heavy (non-hydrogen) atoms. The molecule has 134 valence electrons. The van der Waals surface area contributed by atoms with Crippen LogP contribution in [0.25, 0.3) is 0 Å². The molecule has 1 N–H and O–H groups in total. The molecule has 1 aliphatic heterocycles. The predicted molar refractivity (Wildman–Crippen MR) is 97.2 cm³/mol. The molecule has 0 saturated carbocycles. The van der Waals surface area contributed by atoms with Crippen molar-refractivity contribution in [1.82, 2.24) is 4.31 Å². The number of nitrogens with zero attached hydrogens (tertiary/aromatic N) is 1. The van der Waals surface area contributed by atoms with Crippen LogP contribution in [0.5, 0.6) is 0 Å². The van der Waals surface area contributed by atoms with Crippen LogP contribution in [0.4, 0.5) is 5.69 Å². The number of ether oxygens (including phenoxy) is 1. The van der Waals surface area contributed by atoms with Gasteiger partial charge >= 0.3 is 0 Å². The zero-order valence-corrected chi connectivity index (χ0v) is 15.5. The van der Waals surface area contributed by atoms with E-state index in [1.165, 1.54) is 15.6 Å². The Balaban J connectivity index is 1.76. The van der Waals surface area contributed by atoms with Crippen LogP contribution in [0.1, 0.15) is 18.1 Å². The smallest absolute Gasteiger partial charge is 0.252 e. The van der Waals surface area contributed by atoms with Gasteiger partial charge in [0.05, 0.1) is 0 Å². The second-order valence-electron chi connectivity index (χ2n) is 5.69. The second kappa shape index (κ2) is 7.65. The zero-order valence-electron chi connectivity index (χ0n) is 13.9. The molecule has 0 bridgehead atoms. The number of nitrogens with one attached hydrogen (secondary N) is 1. The molecule has 8 heteroatoms. The van der Waals surface area contributed by atoms with Crippen LogP contribution in [0.3, 0.4) is 0 Å². The van der Waals surface area contributed by atoms with Crippen LogP contribution in [0, 0.1) is 0 Å². The summed E-state index contributed by atoms with van der Waals surface area (Å²) in [7, 11) is -3.46. The Morgan fingerprint density at radius 1 is 1.32 bits per heavy atom. The summed E-state index contributed by atoms with van der Waals surface area (Å²) in [6, 6.07) is 8.99. The maximum Gasteiger partial charge on any atom is 0.252 e. The van der Waals surface area contributed by atoms with Crippen molar-refractivity contribution in [2.75, 3.05) is 25.1 Å². The number of thiophene rings is 1. The van der Waals surface area contributed by atoms with Crippen molar-refractivity contribution in [2.45, 2.75) is 24.1 Å². The largest absolute Gasteiger partial charge is 0.372 e. The van der Waals surface area contributed by atoms with Gasteiger partial charge in [0.2, 0.25) is 5.91 Å². The van der Waals surface area contributed by atoms with Gasteiger partial charge < -0.3 is 10.1 Å². The van der Waals surface area contributed by atoms with Gasteiger partial charge in [0.15, 0.2) is 0 Å². The lowest BCUT2D eigenvalue weighted by molar-refractivity contribution is -0.120. The molecule has 2 aromatic rings. The van der Waals surface area contributed by atoms with Crippen LogP contribution < -0.4 is 5.32 Å². The minimum Gasteiger partial charge on any atom is -0.372 e. The van der Waals surface area contributed by atoms with Crippen LogP contribution in [-0.2, 0) is 32.5 Å². The van der Waals surface area contributed by atoms with Gasteiger partial charge in [0.25, 0.3) is 10.0 Å². The van der Waals surface area contributed by atoms with E-state index in [2.05, 4.69) is 5.32 Å². The first-order valence-electron chi connectivity index (χ1n) is 8.03. The monoisotopic (exact) mass is 380 g/mol. The third-order valence-corrected chi connectivity index (χ3v) is 7.21. The van der Waals surface area contributed by atoms with Crippen molar-refractivity contribution in [2.24, 2.45) is 0 Å². The Labute approximate surface area is 151 Å². The minimum absolute atomic E-state index is 0.00642. The van der Waals surface area contributed by atoms with E-state index in [-0.39, 0.29) is 12.5 Å². The molecule has 0 atom stereocenters. The van der Waals surface area contributed by atoms with E-state index in [0.717, 1.165) is 11.1 Å². The van der Waals surface area contributed by atoms with Crippen molar-refractivity contribution in [3.8, 4) is 0 Å². The number of carbonyl (C=O) groups excluding carboxylic acids is 1. The number of sulfonamides is 1. The predicted octanol–water partition coefficient (Wildman–Crippen LogP) is 2.47. The Morgan fingerprint density at radius 2 is 2.16 bits per heavy atom. The van der Waals surface area contributed by atoms with Crippen LogP contribution in [0.15, 0.2) is 39.9 Å². The van der Waals surface area contributed by atoms with Gasteiger partial charge in [-0.2, -0.15) is 4.31 Å². The number of hydrogen-bond donors (Lipinski definition) is 1. The quantitative estimate of drug-likeness (QED) is 0.835. The number of anilines is 1. The van der Waals surface area contributed by atoms with Gasteiger partial charge in [-0.05, 0) is 48.1 Å². The molecular formula is C17H20N2O4S2. The summed E-state index contributed by atoms with van der Waals surface area (Å²) < 4.78 is 32.3. The van der Waals surface area contributed by atoms with Crippen molar-refractivity contribution in [3.63, 3.8) is 0 Å². The topological polar surface area (TPSA) is 75.7 Å². The van der Waals surface area contributed by atoms with Crippen molar-refractivity contribution in [3.05, 3.63) is 46.8 Å². The average Bonchev–Trinajstić information content (AvgIpc) is 3.15. The van der Waals surface area contributed by atoms with Crippen molar-refractivity contribution >= 4 is 33.0 Å². The summed E-state index contributed by atoms with van der Waals surface area (Å²) in [5.41, 5.74) is 2.68. The summed E-state index contributed by atoms with van der Waals surface area (Å²) in [5.74, 6) is -0.222. The molecule has 0 fully saturated rings. The molecule has 2 heterocycles. The molecule has 0 aliphatic carbocycles. The standard InChI is InChI=1S/C17H20N2O4S2/c1-2-23-12-16(20)18-15-6-5-13-7-8-19(11-14(13)10-15)25(21,22)17-4-3-9-24-17/h3-6,9-10H,2,7-8,11-12H2,1H3,(H,18,20). The van der Waals surface area contributed by atoms with E-state index in [0.29, 0.717) is 36.0 Å². The minimum atomic E-state index is -3.46. The highest BCUT2D eigenvalue weighted by atomic mass is 32.2. The molecule has 1 aliphatic rings. The summed E-state index contributed by atoms with van der Waals surface area (Å²) in [6.07, 6.45) is 0.660. The first-order chi connectivity index (χ1) is 12.0. The second-order valence-corrected chi connectivity index (χ2v) is 8.80. The first kappa shape index (κ1) is 18.1. The number of hydrogen-bond acceptors (Lipinski definition) is 5. The molecular weight excluding hydrogens is 360 g/mol. The Morgan fingerprint density at radius 3 is 2.88 bits per heavy atom. The van der Waals surface area contributed by atoms with Gasteiger partial charge in [0, 0.05) is 25.4 Å². The summed E-state index contributed by atoms with van der Waals surface area (Å²) in [5, 5.41) is 4.54. The fourth-order valence-corrected chi connectivity index (χ4v) is 5.31. The van der Waals surface area contributed by atoms with Crippen molar-refractivity contribution in [1.29, 1.82) is 0 Å². The third-order valence-electron chi connectivity index (χ3n) is 3.99. The number of rotatable bonds is 6. The highest BCUT2D eigenvalue weighted by Gasteiger charge is 2.29. The van der Waals surface area contributed by atoms with E-state index in [1.54, 1.807) is 17.5 Å². The molecule has 0 unspecified atom stereocenters. The summed E-state index contributed by atoms with van der Waals surface area (Å²) >= 11 is 1.22. The molecule has 0 saturated heterocycles. The number of benzene rings is 1. The van der Waals surface area contributed by atoms with E-state index in [9.17, 15) is 13.2 Å². The molecule has 3 rings (SSSR count). The van der Waals surface area contributed by atoms with Gasteiger partial charge in [-0.15, -0.1) is 11.3 Å². The highest BCUT2D eigenvalue weighted by molar-refractivity contribution is 7.91. The SMILES string of the molecule is CCOCC(=O)Nc1ccc2c(c1)CN(S(=O)(=O)c1cccs1)CC2. The Kier molecular flexibility index (Phi) is 5.53. The molecule has 0 spiro atoms. The van der Waals surface area contributed by atoms with Crippen LogP contribution >= 0.6 is 11.3 Å². The highest BCUT2D eigenvalue weighted by Crippen LogP contribution is 2.28. The van der Waals surface area contributed by atoms with E-state index in [1.807, 2.05) is 25.1 Å². The van der Waals surface area contributed by atoms with Gasteiger partial charge in [-0.25, -0.2) is 8.42 Å². The Hall–Kier alpha value is -1.74. The maximum absolute atomic E-state index is 12.7. The molecule has 1 aromatic carbocycles. The molecule has 1 amide bonds. The average molecular weight is 380 g/mol. The Bertz CT molecular complexity index is 848. The number of fused-ring (bicyclic) bond motifs is 1. The van der Waals surface area contributed by atoms with Crippen LogP contribution in [0.2, 0.25) is 0 Å². The number of amides is 1. The fourth-order valence-electron chi connectivity index (χ4n) is 2.74. The number of carbonyl (C=O) groups is 1. The fraction of sp³-hybridized carbons (Fsp3) is 0.353. The van der Waals surface area contributed by atoms with Gasteiger partial charge in [-0.1, -0.05) is 12.1 Å². The molecule has 6 nitrogen and oxygen atoms in total. The molecule has 1 aromatic heterocycles. The van der Waals surface area contributed by atoms with E-state index < -0.39 is 10.0 Å². The first-order valence-corrected chi connectivity index (χ1v) is 10.4. The van der Waals surface area contributed by atoms with Crippen molar-refractivity contribution < 1.29 is 17.9 Å². The van der Waals surface area contributed by atoms with Gasteiger partial charge in [0.1, 0.15) is 10.8 Å². The lowest BCUT2D eigenvalue weighted by atomic mass is 10.0. The van der Waals surface area contributed by atoms with Crippen LogP contribution in [-0.4, -0.2) is 38.4 Å². The third kappa shape index (κ3) is 4.09.